The van der Waals surface area contributed by atoms with Gasteiger partial charge in [-0.25, -0.2) is 13.1 Å². The fraction of sp³-hybridized carbons (Fsp3) is 0.781. The van der Waals surface area contributed by atoms with Crippen LogP contribution in [-0.4, -0.2) is 107 Å². The molecule has 2 rings (SSSR count). The van der Waals surface area contributed by atoms with Crippen molar-refractivity contribution >= 4 is 21.6 Å². The molecule has 0 bridgehead atoms. The van der Waals surface area contributed by atoms with Crippen LogP contribution < -0.4 is 10.0 Å². The summed E-state index contributed by atoms with van der Waals surface area (Å²) in [7, 11) is -4.28. The first-order valence-electron chi connectivity index (χ1n) is 16.6. The van der Waals surface area contributed by atoms with E-state index in [-0.39, 0.29) is 17.2 Å². The van der Waals surface area contributed by atoms with Gasteiger partial charge in [-0.2, -0.15) is 0 Å². The Labute approximate surface area is 273 Å². The molecule has 1 amide bonds. The Kier molecular flexibility index (Phi) is 18.7. The molecule has 0 aliphatic carbocycles. The third-order valence-corrected chi connectivity index (χ3v) is 9.75. The van der Waals surface area contributed by atoms with Gasteiger partial charge in [-0.05, 0) is 30.7 Å². The average Bonchev–Trinajstić information content (AvgIpc) is 3.02. The molecule has 8 atom stereocenters. The van der Waals surface area contributed by atoms with Crippen molar-refractivity contribution in [2.24, 2.45) is 0 Å². The van der Waals surface area contributed by atoms with Crippen molar-refractivity contribution in [3.63, 3.8) is 0 Å². The minimum absolute atomic E-state index is 0.179. The third kappa shape index (κ3) is 13.8. The number of benzene rings is 1. The zero-order valence-electron chi connectivity index (χ0n) is 27.2. The SMILES string of the molecule is CCCCCCCCCCCCCC[C@@H](O)[C@@H](O)[C@H](CO[C@H]1O[C@H](CO)[C@H](O)[C@H](O)[C@H]1O)NS(=O)(=O)c1ccc(NC(C)=O)cc1. The lowest BCUT2D eigenvalue weighted by Crippen LogP contribution is -2.60. The van der Waals surface area contributed by atoms with Gasteiger partial charge in [0.15, 0.2) is 6.29 Å². The quantitative estimate of drug-likeness (QED) is 0.0784. The van der Waals surface area contributed by atoms with E-state index in [2.05, 4.69) is 17.0 Å². The molecule has 46 heavy (non-hydrogen) atoms. The Hall–Kier alpha value is -1.72. The van der Waals surface area contributed by atoms with Crippen molar-refractivity contribution in [1.82, 2.24) is 4.72 Å². The van der Waals surface area contributed by atoms with Crippen molar-refractivity contribution in [2.45, 2.75) is 151 Å². The normalized spacial score (nSPS) is 24.0. The van der Waals surface area contributed by atoms with Crippen LogP contribution in [0.4, 0.5) is 5.69 Å². The molecule has 0 saturated carbocycles. The first-order valence-corrected chi connectivity index (χ1v) is 18.1. The lowest BCUT2D eigenvalue weighted by Gasteiger charge is -2.40. The Morgan fingerprint density at radius 1 is 0.870 bits per heavy atom. The number of rotatable bonds is 23. The number of sulfonamides is 1. The molecule has 1 fully saturated rings. The molecule has 266 valence electrons. The first-order chi connectivity index (χ1) is 21.9. The Morgan fingerprint density at radius 3 is 1.93 bits per heavy atom. The van der Waals surface area contributed by atoms with Gasteiger partial charge in [0.2, 0.25) is 15.9 Å². The molecule has 0 radical (unpaired) electrons. The van der Waals surface area contributed by atoms with Crippen LogP contribution in [0.3, 0.4) is 0 Å². The monoisotopic (exact) mass is 676 g/mol. The van der Waals surface area contributed by atoms with Gasteiger partial charge in [0.25, 0.3) is 0 Å². The number of carbonyl (C=O) groups is 1. The largest absolute Gasteiger partial charge is 0.394 e. The second-order valence-corrected chi connectivity index (χ2v) is 13.9. The third-order valence-electron chi connectivity index (χ3n) is 8.24. The van der Waals surface area contributed by atoms with Gasteiger partial charge in [0.05, 0.1) is 36.4 Å². The van der Waals surface area contributed by atoms with E-state index in [0.717, 1.165) is 25.7 Å². The number of amides is 1. The van der Waals surface area contributed by atoms with Crippen molar-refractivity contribution in [3.8, 4) is 0 Å². The van der Waals surface area contributed by atoms with Crippen LogP contribution in [-0.2, 0) is 24.3 Å². The molecule has 1 aliphatic heterocycles. The zero-order chi connectivity index (χ0) is 34.1. The summed E-state index contributed by atoms with van der Waals surface area (Å²) in [5.74, 6) is -0.329. The fourth-order valence-corrected chi connectivity index (χ4v) is 6.66. The molecule has 8 N–H and O–H groups in total. The Bertz CT molecular complexity index is 1090. The standard InChI is InChI=1S/C32H56N2O11S/c1-3-4-5-6-7-8-9-10-11-12-13-14-15-26(37)28(38)25(21-44-32-31(41)30(40)29(39)27(20-35)45-32)34-46(42,43)24-18-16-23(17-19-24)33-22(2)36/h16-19,25-32,34-35,37-41H,3-15,20-21H2,1-2H3,(H,33,36)/t25-,26+,27+,28-,29-,30-,31+,32-/m0/s1. The number of nitrogens with one attached hydrogen (secondary N) is 2. The van der Waals surface area contributed by atoms with E-state index in [0.29, 0.717) is 12.1 Å². The van der Waals surface area contributed by atoms with Gasteiger partial charge in [0, 0.05) is 12.6 Å². The van der Waals surface area contributed by atoms with Gasteiger partial charge >= 0.3 is 0 Å². The number of hydrogen-bond acceptors (Lipinski definition) is 11. The van der Waals surface area contributed by atoms with Crippen LogP contribution in [0, 0.1) is 0 Å². The molecule has 1 aromatic carbocycles. The Balaban J connectivity index is 1.98. The summed E-state index contributed by atoms with van der Waals surface area (Å²) < 4.78 is 39.7. The molecule has 0 aromatic heterocycles. The molecule has 1 saturated heterocycles. The lowest BCUT2D eigenvalue weighted by atomic mass is 9.99. The minimum atomic E-state index is -4.28. The van der Waals surface area contributed by atoms with E-state index >= 15 is 0 Å². The van der Waals surface area contributed by atoms with E-state index in [9.17, 15) is 43.9 Å². The number of anilines is 1. The van der Waals surface area contributed by atoms with E-state index in [1.54, 1.807) is 0 Å². The van der Waals surface area contributed by atoms with E-state index < -0.39 is 72.2 Å². The predicted octanol–water partition coefficient (Wildman–Crippen LogP) is 1.92. The summed E-state index contributed by atoms with van der Waals surface area (Å²) in [4.78, 5) is 11.1. The van der Waals surface area contributed by atoms with Gasteiger partial charge in [0.1, 0.15) is 24.4 Å². The van der Waals surface area contributed by atoms with E-state index in [1.165, 1.54) is 76.1 Å². The first kappa shape index (κ1) is 40.5. The maximum absolute atomic E-state index is 13.3. The Morgan fingerprint density at radius 2 is 1.41 bits per heavy atom. The van der Waals surface area contributed by atoms with Gasteiger partial charge < -0.3 is 45.4 Å². The highest BCUT2D eigenvalue weighted by atomic mass is 32.2. The van der Waals surface area contributed by atoms with Crippen LogP contribution in [0.2, 0.25) is 0 Å². The number of unbranched alkanes of at least 4 members (excludes halogenated alkanes) is 11. The fourth-order valence-electron chi connectivity index (χ4n) is 5.43. The van der Waals surface area contributed by atoms with E-state index in [4.69, 9.17) is 9.47 Å². The minimum Gasteiger partial charge on any atom is -0.394 e. The number of aliphatic hydroxyl groups is 6. The highest BCUT2D eigenvalue weighted by molar-refractivity contribution is 7.89. The topological polar surface area (TPSA) is 215 Å². The van der Waals surface area contributed by atoms with Crippen LogP contribution in [0.25, 0.3) is 0 Å². The molecular weight excluding hydrogens is 620 g/mol. The summed E-state index contributed by atoms with van der Waals surface area (Å²) in [5, 5.41) is 64.3. The molecular formula is C32H56N2O11S. The molecule has 0 unspecified atom stereocenters. The highest BCUT2D eigenvalue weighted by Gasteiger charge is 2.44. The predicted molar refractivity (Wildman–Crippen MR) is 172 cm³/mol. The summed E-state index contributed by atoms with van der Waals surface area (Å²) in [5.41, 5.74) is 0.381. The van der Waals surface area contributed by atoms with Crippen LogP contribution in [0.15, 0.2) is 29.2 Å². The maximum Gasteiger partial charge on any atom is 0.240 e. The molecule has 1 aromatic rings. The second-order valence-electron chi connectivity index (χ2n) is 12.2. The average molecular weight is 677 g/mol. The smallest absolute Gasteiger partial charge is 0.240 e. The zero-order valence-corrected chi connectivity index (χ0v) is 28.0. The number of hydrogen-bond donors (Lipinski definition) is 8. The van der Waals surface area contributed by atoms with Gasteiger partial charge in [-0.15, -0.1) is 0 Å². The molecule has 1 heterocycles. The van der Waals surface area contributed by atoms with Crippen LogP contribution >= 0.6 is 0 Å². The van der Waals surface area contributed by atoms with Crippen molar-refractivity contribution in [2.75, 3.05) is 18.5 Å². The van der Waals surface area contributed by atoms with E-state index in [1.807, 2.05) is 0 Å². The lowest BCUT2D eigenvalue weighted by molar-refractivity contribution is -0.303. The highest BCUT2D eigenvalue weighted by Crippen LogP contribution is 2.23. The summed E-state index contributed by atoms with van der Waals surface area (Å²) >= 11 is 0. The summed E-state index contributed by atoms with van der Waals surface area (Å²) in [6, 6.07) is 3.90. The van der Waals surface area contributed by atoms with Crippen molar-refractivity contribution in [3.05, 3.63) is 24.3 Å². The molecule has 13 nitrogen and oxygen atoms in total. The molecule has 0 spiro atoms. The summed E-state index contributed by atoms with van der Waals surface area (Å²) in [6.45, 7) is 2.25. The van der Waals surface area contributed by atoms with Crippen molar-refractivity contribution in [1.29, 1.82) is 0 Å². The number of ether oxygens (including phenoxy) is 2. The van der Waals surface area contributed by atoms with Gasteiger partial charge in [-0.3, -0.25) is 4.79 Å². The maximum atomic E-state index is 13.3. The molecule has 1 aliphatic rings. The second kappa shape index (κ2) is 21.3. The van der Waals surface area contributed by atoms with Crippen molar-refractivity contribution < 1.29 is 53.3 Å². The number of aliphatic hydroxyl groups excluding tert-OH is 6. The van der Waals surface area contributed by atoms with Crippen LogP contribution in [0.1, 0.15) is 97.3 Å². The molecule has 14 heteroatoms. The van der Waals surface area contributed by atoms with Crippen LogP contribution in [0.5, 0.6) is 0 Å². The summed E-state index contributed by atoms with van der Waals surface area (Å²) in [6.07, 6.45) is 2.97. The van der Waals surface area contributed by atoms with Gasteiger partial charge in [-0.1, -0.05) is 84.0 Å². The number of carbonyl (C=O) groups excluding carboxylic acids is 1.